The minimum absolute atomic E-state index is 0.0329. The standard InChI is InChI=1S/C28H24N2O9S/c1-33-19-11-18(12-20(13-19)34-2)26-29-30-28(39-26)40-25(27(31)32)10-16-4-6-21(23(8-16)35-3)36-14-17-5-7-22-24(9-17)38-15-37-22/h4-13H,14-15H2,1-3H3,(H,31,32)/b25-10-. The molecular formula is C28H24N2O9S. The molecule has 0 fully saturated rings. The Morgan fingerprint density at radius 3 is 2.42 bits per heavy atom. The van der Waals surface area contributed by atoms with E-state index in [1.165, 1.54) is 27.4 Å². The van der Waals surface area contributed by atoms with Crippen LogP contribution < -0.4 is 28.4 Å². The highest BCUT2D eigenvalue weighted by molar-refractivity contribution is 8.03. The van der Waals surface area contributed by atoms with Crippen molar-refractivity contribution < 1.29 is 42.7 Å². The fraction of sp³-hybridized carbons (Fsp3) is 0.179. The van der Waals surface area contributed by atoms with Crippen LogP contribution in [0, 0.1) is 0 Å². The van der Waals surface area contributed by atoms with Gasteiger partial charge in [0, 0.05) is 11.6 Å². The van der Waals surface area contributed by atoms with Gasteiger partial charge < -0.3 is 37.9 Å². The predicted molar refractivity (Wildman–Crippen MR) is 144 cm³/mol. The monoisotopic (exact) mass is 564 g/mol. The summed E-state index contributed by atoms with van der Waals surface area (Å²) in [5.41, 5.74) is 2.04. The number of aromatic nitrogens is 2. The Hall–Kier alpha value is -4.84. The highest BCUT2D eigenvalue weighted by atomic mass is 32.2. The number of hydrogen-bond acceptors (Lipinski definition) is 11. The number of nitrogens with zero attached hydrogens (tertiary/aromatic N) is 2. The van der Waals surface area contributed by atoms with Crippen molar-refractivity contribution in [1.82, 2.24) is 10.2 Å². The van der Waals surface area contributed by atoms with Crippen molar-refractivity contribution >= 4 is 23.8 Å². The smallest absolute Gasteiger partial charge is 0.342 e. The van der Waals surface area contributed by atoms with E-state index in [-0.39, 0.29) is 29.4 Å². The summed E-state index contributed by atoms with van der Waals surface area (Å²) in [7, 11) is 4.58. The third kappa shape index (κ3) is 6.07. The van der Waals surface area contributed by atoms with Gasteiger partial charge in [-0.2, -0.15) is 0 Å². The molecule has 1 N–H and O–H groups in total. The first-order valence-electron chi connectivity index (χ1n) is 11.8. The Kier molecular flexibility index (Phi) is 7.97. The molecule has 0 spiro atoms. The van der Waals surface area contributed by atoms with E-state index in [2.05, 4.69) is 10.2 Å². The lowest BCUT2D eigenvalue weighted by molar-refractivity contribution is -0.131. The van der Waals surface area contributed by atoms with Crippen molar-refractivity contribution in [1.29, 1.82) is 0 Å². The molecule has 0 bridgehead atoms. The molecule has 0 saturated carbocycles. The summed E-state index contributed by atoms with van der Waals surface area (Å²) < 4.78 is 38.4. The third-order valence-corrected chi connectivity index (χ3v) is 6.58. The SMILES string of the molecule is COc1cc(OC)cc(-c2nnc(S/C(=C\c3ccc(OCc4ccc5c(c4)OCO5)c(OC)c3)C(=O)O)o2)c1. The minimum atomic E-state index is -1.16. The lowest BCUT2D eigenvalue weighted by atomic mass is 10.2. The molecule has 11 nitrogen and oxygen atoms in total. The predicted octanol–water partition coefficient (Wildman–Crippen LogP) is 5.29. The highest BCUT2D eigenvalue weighted by Gasteiger charge is 2.18. The molecule has 206 valence electrons. The van der Waals surface area contributed by atoms with Gasteiger partial charge in [0.25, 0.3) is 5.22 Å². The average Bonchev–Trinajstić information content (AvgIpc) is 3.65. The van der Waals surface area contributed by atoms with Gasteiger partial charge in [-0.05, 0) is 65.4 Å². The van der Waals surface area contributed by atoms with E-state index in [1.54, 1.807) is 36.4 Å². The molecule has 40 heavy (non-hydrogen) atoms. The zero-order valence-corrected chi connectivity index (χ0v) is 22.5. The van der Waals surface area contributed by atoms with Gasteiger partial charge in [-0.1, -0.05) is 12.1 Å². The van der Waals surface area contributed by atoms with E-state index < -0.39 is 5.97 Å². The summed E-state index contributed by atoms with van der Waals surface area (Å²) >= 11 is 0.827. The molecule has 0 radical (unpaired) electrons. The third-order valence-electron chi connectivity index (χ3n) is 5.73. The lowest BCUT2D eigenvalue weighted by Gasteiger charge is -2.12. The Morgan fingerprint density at radius 1 is 0.925 bits per heavy atom. The first kappa shape index (κ1) is 26.8. The molecule has 0 unspecified atom stereocenters. The first-order chi connectivity index (χ1) is 19.4. The molecule has 0 amide bonds. The molecule has 0 aliphatic carbocycles. The fourth-order valence-electron chi connectivity index (χ4n) is 3.76. The number of carboxylic acid groups (broad SMARTS) is 1. The van der Waals surface area contributed by atoms with Crippen LogP contribution in [-0.4, -0.2) is 49.4 Å². The van der Waals surface area contributed by atoms with Crippen LogP contribution in [0.25, 0.3) is 17.5 Å². The van der Waals surface area contributed by atoms with Gasteiger partial charge in [0.2, 0.25) is 12.7 Å². The fourth-order valence-corrected chi connectivity index (χ4v) is 4.44. The number of thioether (sulfide) groups is 1. The molecule has 1 aliphatic heterocycles. The van der Waals surface area contributed by atoms with Crippen LogP contribution in [0.2, 0.25) is 0 Å². The quantitative estimate of drug-likeness (QED) is 0.188. The van der Waals surface area contributed by atoms with E-state index in [4.69, 9.17) is 32.8 Å². The van der Waals surface area contributed by atoms with Crippen LogP contribution in [0.15, 0.2) is 69.1 Å². The molecule has 3 aromatic carbocycles. The van der Waals surface area contributed by atoms with Crippen LogP contribution in [-0.2, 0) is 11.4 Å². The van der Waals surface area contributed by atoms with Crippen LogP contribution >= 0.6 is 11.8 Å². The van der Waals surface area contributed by atoms with Gasteiger partial charge in [-0.25, -0.2) is 4.79 Å². The summed E-state index contributed by atoms with van der Waals surface area (Å²) in [5, 5.41) is 17.9. The van der Waals surface area contributed by atoms with Gasteiger partial charge in [0.1, 0.15) is 23.0 Å². The van der Waals surface area contributed by atoms with Crippen LogP contribution in [0.1, 0.15) is 11.1 Å². The molecule has 4 aromatic rings. The molecule has 12 heteroatoms. The summed E-state index contributed by atoms with van der Waals surface area (Å²) in [6.45, 7) is 0.473. The Morgan fingerprint density at radius 2 is 1.70 bits per heavy atom. The molecule has 0 atom stereocenters. The Labute approximate surface area is 233 Å². The van der Waals surface area contributed by atoms with E-state index in [1.807, 2.05) is 18.2 Å². The largest absolute Gasteiger partial charge is 0.497 e. The number of aliphatic carboxylic acids is 1. The van der Waals surface area contributed by atoms with Crippen molar-refractivity contribution in [2.45, 2.75) is 11.8 Å². The van der Waals surface area contributed by atoms with Gasteiger partial charge >= 0.3 is 5.97 Å². The minimum Gasteiger partial charge on any atom is -0.497 e. The molecule has 0 saturated heterocycles. The zero-order valence-electron chi connectivity index (χ0n) is 21.7. The highest BCUT2D eigenvalue weighted by Crippen LogP contribution is 2.36. The summed E-state index contributed by atoms with van der Waals surface area (Å²) in [6.07, 6.45) is 1.48. The number of benzene rings is 3. The molecule has 1 aliphatic rings. The van der Waals surface area contributed by atoms with Gasteiger partial charge in [0.05, 0.1) is 21.3 Å². The van der Waals surface area contributed by atoms with Crippen LogP contribution in [0.3, 0.4) is 0 Å². The second-order valence-corrected chi connectivity index (χ2v) is 9.27. The van der Waals surface area contributed by atoms with Crippen LogP contribution in [0.4, 0.5) is 0 Å². The van der Waals surface area contributed by atoms with Crippen molar-refractivity contribution in [3.63, 3.8) is 0 Å². The maximum Gasteiger partial charge on any atom is 0.342 e. The number of hydrogen-bond donors (Lipinski definition) is 1. The van der Waals surface area contributed by atoms with E-state index in [0.717, 1.165) is 17.3 Å². The average molecular weight is 565 g/mol. The first-order valence-corrected chi connectivity index (χ1v) is 12.7. The van der Waals surface area contributed by atoms with Crippen LogP contribution in [0.5, 0.6) is 34.5 Å². The number of ether oxygens (including phenoxy) is 6. The zero-order chi connectivity index (χ0) is 28.1. The number of carboxylic acids is 1. The number of fused-ring (bicyclic) bond motifs is 1. The Bertz CT molecular complexity index is 1550. The molecule has 5 rings (SSSR count). The van der Waals surface area contributed by atoms with E-state index in [9.17, 15) is 9.90 Å². The lowest BCUT2D eigenvalue weighted by Crippen LogP contribution is -1.99. The number of carbonyl (C=O) groups is 1. The number of methoxy groups -OCH3 is 3. The summed E-state index contributed by atoms with van der Waals surface area (Å²) in [4.78, 5) is 12.0. The topological polar surface area (TPSA) is 132 Å². The van der Waals surface area contributed by atoms with Crippen molar-refractivity contribution in [2.75, 3.05) is 28.1 Å². The van der Waals surface area contributed by atoms with Gasteiger partial charge in [-0.15, -0.1) is 10.2 Å². The Balaban J connectivity index is 1.31. The summed E-state index contributed by atoms with van der Waals surface area (Å²) in [5.74, 6) is 2.43. The number of rotatable bonds is 11. The normalized spacial score (nSPS) is 12.2. The maximum atomic E-state index is 12.0. The van der Waals surface area contributed by atoms with Gasteiger partial charge in [0.15, 0.2) is 23.0 Å². The molecular weight excluding hydrogens is 540 g/mol. The van der Waals surface area contributed by atoms with E-state index >= 15 is 0 Å². The second-order valence-electron chi connectivity index (χ2n) is 8.28. The summed E-state index contributed by atoms with van der Waals surface area (Å²) in [6, 6.07) is 15.8. The van der Waals surface area contributed by atoms with Gasteiger partial charge in [-0.3, -0.25) is 0 Å². The van der Waals surface area contributed by atoms with Crippen molar-refractivity contribution in [3.05, 3.63) is 70.6 Å². The van der Waals surface area contributed by atoms with Crippen molar-refractivity contribution in [2.24, 2.45) is 0 Å². The molecule has 1 aromatic heterocycles. The molecule has 2 heterocycles. The second kappa shape index (κ2) is 11.9. The van der Waals surface area contributed by atoms with Crippen molar-refractivity contribution in [3.8, 4) is 46.0 Å². The maximum absolute atomic E-state index is 12.0. The van der Waals surface area contributed by atoms with E-state index in [0.29, 0.717) is 45.6 Å².